The lowest BCUT2D eigenvalue weighted by Gasteiger charge is -2.27. The summed E-state index contributed by atoms with van der Waals surface area (Å²) in [5.41, 5.74) is 1.27. The van der Waals surface area contributed by atoms with E-state index in [0.717, 1.165) is 44.9 Å². The Morgan fingerprint density at radius 3 is 2.54 bits per heavy atom. The van der Waals surface area contributed by atoms with Crippen molar-refractivity contribution in [2.75, 3.05) is 45.9 Å². The Morgan fingerprint density at radius 1 is 1.25 bits per heavy atom. The second-order valence-electron chi connectivity index (χ2n) is 6.31. The molecule has 1 amide bonds. The van der Waals surface area contributed by atoms with Crippen LogP contribution in [0.2, 0.25) is 0 Å². The molecule has 1 aromatic rings. The fraction of sp³-hybridized carbons (Fsp3) is 0.611. The molecular formula is C18H30ClN3O2. The lowest BCUT2D eigenvalue weighted by molar-refractivity contribution is -0.123. The van der Waals surface area contributed by atoms with E-state index in [1.54, 1.807) is 0 Å². The topological polar surface area (TPSA) is 53.6 Å². The quantitative estimate of drug-likeness (QED) is 0.700. The molecule has 2 rings (SSSR count). The molecule has 136 valence electrons. The monoisotopic (exact) mass is 355 g/mol. The molecule has 2 N–H and O–H groups in total. The number of nitrogens with one attached hydrogen (secondary N) is 2. The first-order valence-corrected chi connectivity index (χ1v) is 8.57. The van der Waals surface area contributed by atoms with E-state index >= 15 is 0 Å². The van der Waals surface area contributed by atoms with Gasteiger partial charge in [-0.2, -0.15) is 0 Å². The van der Waals surface area contributed by atoms with Crippen molar-refractivity contribution in [2.24, 2.45) is 0 Å². The number of ether oxygens (including phenoxy) is 1. The molecule has 0 aromatic heterocycles. The number of rotatable bonds is 8. The van der Waals surface area contributed by atoms with Gasteiger partial charge in [-0.15, -0.1) is 12.4 Å². The smallest absolute Gasteiger partial charge is 0.257 e. The molecule has 0 atom stereocenters. The highest BCUT2D eigenvalue weighted by molar-refractivity contribution is 5.85. The maximum Gasteiger partial charge on any atom is 0.257 e. The van der Waals surface area contributed by atoms with Crippen LogP contribution in [0, 0.1) is 0 Å². The standard InChI is InChI=1S/C18H29N3O2.ClH/c1-15(2)16-4-6-17(7-5-16)23-14-18(22)20-8-3-11-21-12-9-19-10-13-21;/h4-7,15,19H,3,8-14H2,1-2H3,(H,20,22);1H. The van der Waals surface area contributed by atoms with Crippen LogP contribution in [0.1, 0.15) is 31.7 Å². The number of carbonyl (C=O) groups is 1. The molecule has 6 heteroatoms. The van der Waals surface area contributed by atoms with Gasteiger partial charge in [-0.05, 0) is 36.6 Å². The van der Waals surface area contributed by atoms with E-state index in [2.05, 4.69) is 29.4 Å². The number of carbonyl (C=O) groups excluding carboxylic acids is 1. The molecule has 0 radical (unpaired) electrons. The molecule has 1 fully saturated rings. The molecule has 1 heterocycles. The van der Waals surface area contributed by atoms with E-state index in [4.69, 9.17) is 4.74 Å². The molecule has 24 heavy (non-hydrogen) atoms. The molecule has 1 aliphatic heterocycles. The van der Waals surface area contributed by atoms with E-state index in [-0.39, 0.29) is 24.9 Å². The van der Waals surface area contributed by atoms with Crippen molar-refractivity contribution in [1.82, 2.24) is 15.5 Å². The average Bonchev–Trinajstić information content (AvgIpc) is 2.58. The van der Waals surface area contributed by atoms with Gasteiger partial charge in [0.05, 0.1) is 0 Å². The second kappa shape index (κ2) is 11.3. The van der Waals surface area contributed by atoms with Gasteiger partial charge in [0.1, 0.15) is 5.75 Å². The van der Waals surface area contributed by atoms with Crippen LogP contribution in [-0.4, -0.2) is 56.7 Å². The molecule has 1 saturated heterocycles. The molecule has 5 nitrogen and oxygen atoms in total. The normalized spacial score (nSPS) is 15.0. The predicted octanol–water partition coefficient (Wildman–Crippen LogP) is 2.02. The molecule has 0 aliphatic carbocycles. The summed E-state index contributed by atoms with van der Waals surface area (Å²) < 4.78 is 5.52. The fourth-order valence-electron chi connectivity index (χ4n) is 2.61. The Kier molecular flexibility index (Phi) is 9.76. The summed E-state index contributed by atoms with van der Waals surface area (Å²) in [6, 6.07) is 7.94. The van der Waals surface area contributed by atoms with Crippen LogP contribution >= 0.6 is 12.4 Å². The average molecular weight is 356 g/mol. The number of hydrogen-bond donors (Lipinski definition) is 2. The van der Waals surface area contributed by atoms with Crippen LogP contribution in [0.3, 0.4) is 0 Å². The third-order valence-electron chi connectivity index (χ3n) is 4.10. The van der Waals surface area contributed by atoms with Gasteiger partial charge in [0, 0.05) is 32.7 Å². The Balaban J connectivity index is 0.00000288. The number of piperazine rings is 1. The molecule has 1 aliphatic rings. The summed E-state index contributed by atoms with van der Waals surface area (Å²) >= 11 is 0. The van der Waals surface area contributed by atoms with Gasteiger partial charge in [-0.3, -0.25) is 4.79 Å². The van der Waals surface area contributed by atoms with E-state index < -0.39 is 0 Å². The Labute approximate surface area is 151 Å². The maximum absolute atomic E-state index is 11.8. The summed E-state index contributed by atoms with van der Waals surface area (Å²) in [5.74, 6) is 1.19. The molecule has 0 saturated carbocycles. The Morgan fingerprint density at radius 2 is 1.92 bits per heavy atom. The SMILES string of the molecule is CC(C)c1ccc(OCC(=O)NCCCN2CCNCC2)cc1.Cl. The summed E-state index contributed by atoms with van der Waals surface area (Å²) in [6.45, 7) is 10.5. The third kappa shape index (κ3) is 7.51. The summed E-state index contributed by atoms with van der Waals surface area (Å²) in [7, 11) is 0. The van der Waals surface area contributed by atoms with Crippen molar-refractivity contribution in [2.45, 2.75) is 26.2 Å². The van der Waals surface area contributed by atoms with Gasteiger partial charge in [0.2, 0.25) is 0 Å². The number of hydrogen-bond acceptors (Lipinski definition) is 4. The van der Waals surface area contributed by atoms with Crippen molar-refractivity contribution in [3.63, 3.8) is 0 Å². The van der Waals surface area contributed by atoms with Crippen LogP contribution in [-0.2, 0) is 4.79 Å². The zero-order valence-corrected chi connectivity index (χ0v) is 15.5. The van der Waals surface area contributed by atoms with Crippen molar-refractivity contribution >= 4 is 18.3 Å². The van der Waals surface area contributed by atoms with Crippen LogP contribution in [0.15, 0.2) is 24.3 Å². The second-order valence-corrected chi connectivity index (χ2v) is 6.31. The molecule has 0 spiro atoms. The minimum Gasteiger partial charge on any atom is -0.484 e. The minimum absolute atomic E-state index is 0. The largest absolute Gasteiger partial charge is 0.484 e. The van der Waals surface area contributed by atoms with Crippen molar-refractivity contribution in [3.05, 3.63) is 29.8 Å². The van der Waals surface area contributed by atoms with Crippen LogP contribution in [0.4, 0.5) is 0 Å². The van der Waals surface area contributed by atoms with Gasteiger partial charge >= 0.3 is 0 Å². The molecule has 0 bridgehead atoms. The van der Waals surface area contributed by atoms with Gasteiger partial charge in [0.15, 0.2) is 6.61 Å². The van der Waals surface area contributed by atoms with Crippen molar-refractivity contribution in [1.29, 1.82) is 0 Å². The molecule has 1 aromatic carbocycles. The van der Waals surface area contributed by atoms with Gasteiger partial charge in [0.25, 0.3) is 5.91 Å². The van der Waals surface area contributed by atoms with Crippen molar-refractivity contribution < 1.29 is 9.53 Å². The minimum atomic E-state index is -0.0572. The van der Waals surface area contributed by atoms with E-state index in [1.807, 2.05) is 24.3 Å². The zero-order chi connectivity index (χ0) is 16.5. The third-order valence-corrected chi connectivity index (χ3v) is 4.10. The first kappa shape index (κ1) is 20.7. The maximum atomic E-state index is 11.8. The van der Waals surface area contributed by atoms with Crippen LogP contribution in [0.5, 0.6) is 5.75 Å². The Bertz CT molecular complexity index is 474. The van der Waals surface area contributed by atoms with E-state index in [1.165, 1.54) is 5.56 Å². The highest BCUT2D eigenvalue weighted by Crippen LogP contribution is 2.18. The lowest BCUT2D eigenvalue weighted by Crippen LogP contribution is -2.44. The van der Waals surface area contributed by atoms with Crippen LogP contribution in [0.25, 0.3) is 0 Å². The molecule has 0 unspecified atom stereocenters. The van der Waals surface area contributed by atoms with Crippen LogP contribution < -0.4 is 15.4 Å². The highest BCUT2D eigenvalue weighted by Gasteiger charge is 2.09. The van der Waals surface area contributed by atoms with Gasteiger partial charge in [-0.1, -0.05) is 26.0 Å². The predicted molar refractivity (Wildman–Crippen MR) is 100 cm³/mol. The lowest BCUT2D eigenvalue weighted by atomic mass is 10.0. The first-order valence-electron chi connectivity index (χ1n) is 8.57. The summed E-state index contributed by atoms with van der Waals surface area (Å²) in [4.78, 5) is 14.2. The highest BCUT2D eigenvalue weighted by atomic mass is 35.5. The zero-order valence-electron chi connectivity index (χ0n) is 14.7. The summed E-state index contributed by atoms with van der Waals surface area (Å²) in [5, 5.41) is 6.25. The number of amides is 1. The molecular weight excluding hydrogens is 326 g/mol. The van der Waals surface area contributed by atoms with E-state index in [9.17, 15) is 4.79 Å². The Hall–Kier alpha value is -1.30. The van der Waals surface area contributed by atoms with Crippen molar-refractivity contribution in [3.8, 4) is 5.75 Å². The van der Waals surface area contributed by atoms with Gasteiger partial charge in [-0.25, -0.2) is 0 Å². The number of nitrogens with zero attached hydrogens (tertiary/aromatic N) is 1. The number of benzene rings is 1. The first-order chi connectivity index (χ1) is 11.1. The van der Waals surface area contributed by atoms with E-state index in [0.29, 0.717) is 12.5 Å². The number of halogens is 1. The summed E-state index contributed by atoms with van der Waals surface area (Å²) in [6.07, 6.45) is 0.981. The van der Waals surface area contributed by atoms with Gasteiger partial charge < -0.3 is 20.3 Å². The fourth-order valence-corrected chi connectivity index (χ4v) is 2.61.